The first-order chi connectivity index (χ1) is 10.6. The lowest BCUT2D eigenvalue weighted by Gasteiger charge is -2.35. The predicted molar refractivity (Wildman–Crippen MR) is 86.1 cm³/mol. The number of likely N-dealkylation sites (tertiary alicyclic amines) is 1. The highest BCUT2D eigenvalue weighted by Crippen LogP contribution is 2.27. The van der Waals surface area contributed by atoms with Crippen molar-refractivity contribution in [2.75, 3.05) is 26.9 Å². The van der Waals surface area contributed by atoms with Gasteiger partial charge in [-0.25, -0.2) is 0 Å². The Morgan fingerprint density at radius 2 is 2.27 bits per heavy atom. The largest absolute Gasteiger partial charge is 0.483 e. The number of primary amides is 1. The van der Waals surface area contributed by atoms with E-state index in [1.54, 1.807) is 19.2 Å². The fourth-order valence-corrected chi connectivity index (χ4v) is 3.02. The van der Waals surface area contributed by atoms with Crippen molar-refractivity contribution in [1.82, 2.24) is 4.90 Å². The van der Waals surface area contributed by atoms with Crippen LogP contribution in [0.2, 0.25) is 5.02 Å². The molecule has 0 aromatic heterocycles. The Balaban J connectivity index is 2.12. The molecule has 1 amide bonds. The molecule has 6 heteroatoms. The molecule has 22 heavy (non-hydrogen) atoms. The van der Waals surface area contributed by atoms with Crippen LogP contribution in [0.1, 0.15) is 24.8 Å². The Kier molecular flexibility index (Phi) is 6.49. The van der Waals surface area contributed by atoms with E-state index in [2.05, 4.69) is 4.90 Å². The van der Waals surface area contributed by atoms with Gasteiger partial charge in [0.25, 0.3) is 5.91 Å². The number of hydrogen-bond acceptors (Lipinski definition) is 4. The van der Waals surface area contributed by atoms with Crippen LogP contribution in [0.5, 0.6) is 5.75 Å². The van der Waals surface area contributed by atoms with Crippen LogP contribution in [0, 0.1) is 0 Å². The number of carbonyl (C=O) groups excluding carboxylic acids is 1. The number of rotatable bonds is 7. The molecule has 2 rings (SSSR count). The zero-order chi connectivity index (χ0) is 15.9. The van der Waals surface area contributed by atoms with Crippen LogP contribution in [0.15, 0.2) is 18.2 Å². The molecule has 1 aliphatic rings. The smallest absolute Gasteiger partial charge is 0.255 e. The van der Waals surface area contributed by atoms with Gasteiger partial charge in [-0.05, 0) is 37.6 Å². The minimum absolute atomic E-state index is 0.129. The first-order valence-corrected chi connectivity index (χ1v) is 7.90. The Bertz CT molecular complexity index is 508. The summed E-state index contributed by atoms with van der Waals surface area (Å²) in [6.45, 7) is 2.34. The van der Waals surface area contributed by atoms with Gasteiger partial charge in [0, 0.05) is 30.3 Å². The Hall–Kier alpha value is -1.30. The van der Waals surface area contributed by atoms with E-state index in [1.165, 1.54) is 12.8 Å². The van der Waals surface area contributed by atoms with Crippen LogP contribution in [-0.4, -0.2) is 43.7 Å². The van der Waals surface area contributed by atoms with Gasteiger partial charge in [0.2, 0.25) is 0 Å². The van der Waals surface area contributed by atoms with Crippen molar-refractivity contribution in [3.63, 3.8) is 0 Å². The molecule has 0 spiro atoms. The van der Waals surface area contributed by atoms with Gasteiger partial charge < -0.3 is 15.2 Å². The summed E-state index contributed by atoms with van der Waals surface area (Å²) in [6, 6.07) is 5.83. The second kappa shape index (κ2) is 8.36. The molecule has 0 saturated carbocycles. The molecule has 0 radical (unpaired) electrons. The molecule has 1 aliphatic heterocycles. The highest BCUT2D eigenvalue weighted by molar-refractivity contribution is 6.30. The standard InChI is InChI=1S/C16H23ClN2O3/c1-21-10-14-4-2-3-7-19(14)9-12-8-13(17)5-6-15(12)22-11-16(18)20/h5-6,8,14H,2-4,7,9-11H2,1H3,(H2,18,20)/t14-/m1/s1. The summed E-state index contributed by atoms with van der Waals surface area (Å²) in [5.74, 6) is 0.168. The van der Waals surface area contributed by atoms with E-state index >= 15 is 0 Å². The van der Waals surface area contributed by atoms with Gasteiger partial charge in [-0.2, -0.15) is 0 Å². The van der Waals surface area contributed by atoms with E-state index in [0.717, 1.165) is 31.7 Å². The third-order valence-electron chi connectivity index (χ3n) is 3.87. The number of amides is 1. The number of benzene rings is 1. The Morgan fingerprint density at radius 1 is 1.45 bits per heavy atom. The third-order valence-corrected chi connectivity index (χ3v) is 4.11. The maximum absolute atomic E-state index is 10.9. The SMILES string of the molecule is COC[C@H]1CCCCN1Cc1cc(Cl)ccc1OCC(N)=O. The number of halogens is 1. The van der Waals surface area contributed by atoms with Crippen molar-refractivity contribution in [2.24, 2.45) is 5.73 Å². The van der Waals surface area contributed by atoms with Gasteiger partial charge in [-0.15, -0.1) is 0 Å². The monoisotopic (exact) mass is 326 g/mol. The minimum atomic E-state index is -0.490. The number of nitrogens with zero attached hydrogens (tertiary/aromatic N) is 1. The summed E-state index contributed by atoms with van der Waals surface area (Å²) < 4.78 is 10.8. The van der Waals surface area contributed by atoms with Gasteiger partial charge in [0.05, 0.1) is 6.61 Å². The number of ether oxygens (including phenoxy) is 2. The average Bonchev–Trinajstić information content (AvgIpc) is 2.48. The highest BCUT2D eigenvalue weighted by Gasteiger charge is 2.23. The average molecular weight is 327 g/mol. The quantitative estimate of drug-likeness (QED) is 0.834. The summed E-state index contributed by atoms with van der Waals surface area (Å²) in [6.07, 6.45) is 3.54. The van der Waals surface area contributed by atoms with E-state index in [1.807, 2.05) is 6.07 Å². The van der Waals surface area contributed by atoms with Gasteiger partial charge in [0.15, 0.2) is 6.61 Å². The number of nitrogens with two attached hydrogens (primary N) is 1. The van der Waals surface area contributed by atoms with Crippen LogP contribution < -0.4 is 10.5 Å². The van der Waals surface area contributed by atoms with Crippen molar-refractivity contribution in [3.8, 4) is 5.75 Å². The van der Waals surface area contributed by atoms with Crippen LogP contribution in [-0.2, 0) is 16.1 Å². The number of methoxy groups -OCH3 is 1. The normalized spacial score (nSPS) is 19.1. The molecule has 0 aliphatic carbocycles. The van der Waals surface area contributed by atoms with E-state index in [0.29, 0.717) is 16.8 Å². The molecule has 2 N–H and O–H groups in total. The second-order valence-electron chi connectivity index (χ2n) is 5.58. The summed E-state index contributed by atoms with van der Waals surface area (Å²) >= 11 is 6.10. The molecule has 1 saturated heterocycles. The van der Waals surface area contributed by atoms with Crippen LogP contribution >= 0.6 is 11.6 Å². The van der Waals surface area contributed by atoms with Gasteiger partial charge >= 0.3 is 0 Å². The summed E-state index contributed by atoms with van der Waals surface area (Å²) in [7, 11) is 1.73. The lowest BCUT2D eigenvalue weighted by Crippen LogP contribution is -2.41. The Morgan fingerprint density at radius 3 is 3.00 bits per heavy atom. The number of piperidine rings is 1. The summed E-state index contributed by atoms with van der Waals surface area (Å²) in [5.41, 5.74) is 6.12. The van der Waals surface area contributed by atoms with Crippen molar-refractivity contribution < 1.29 is 14.3 Å². The van der Waals surface area contributed by atoms with Crippen molar-refractivity contribution in [1.29, 1.82) is 0 Å². The molecule has 1 aromatic carbocycles. The molecular formula is C16H23ClN2O3. The van der Waals surface area contributed by atoms with Crippen molar-refractivity contribution in [3.05, 3.63) is 28.8 Å². The molecule has 122 valence electrons. The topological polar surface area (TPSA) is 64.8 Å². The number of carbonyl (C=O) groups is 1. The fourth-order valence-electron chi connectivity index (χ4n) is 2.83. The zero-order valence-corrected chi connectivity index (χ0v) is 13.6. The molecule has 1 heterocycles. The molecule has 0 bridgehead atoms. The maximum Gasteiger partial charge on any atom is 0.255 e. The molecule has 1 atom stereocenters. The van der Waals surface area contributed by atoms with Gasteiger partial charge in [-0.1, -0.05) is 18.0 Å². The van der Waals surface area contributed by atoms with Crippen molar-refractivity contribution in [2.45, 2.75) is 31.8 Å². The molecule has 1 fully saturated rings. The third kappa shape index (κ3) is 4.87. The molecular weight excluding hydrogens is 304 g/mol. The predicted octanol–water partition coefficient (Wildman–Crippen LogP) is 2.21. The maximum atomic E-state index is 10.9. The van der Waals surface area contributed by atoms with E-state index in [9.17, 15) is 4.79 Å². The first kappa shape index (κ1) is 17.1. The van der Waals surface area contributed by atoms with Crippen LogP contribution in [0.25, 0.3) is 0 Å². The van der Waals surface area contributed by atoms with Gasteiger partial charge in [-0.3, -0.25) is 9.69 Å². The highest BCUT2D eigenvalue weighted by atomic mass is 35.5. The number of hydrogen-bond donors (Lipinski definition) is 1. The van der Waals surface area contributed by atoms with E-state index in [4.69, 9.17) is 26.8 Å². The fraction of sp³-hybridized carbons (Fsp3) is 0.562. The Labute approximate surface area is 136 Å². The first-order valence-electron chi connectivity index (χ1n) is 7.52. The van der Waals surface area contributed by atoms with E-state index < -0.39 is 5.91 Å². The zero-order valence-electron chi connectivity index (χ0n) is 12.9. The van der Waals surface area contributed by atoms with Gasteiger partial charge in [0.1, 0.15) is 5.75 Å². The molecule has 0 unspecified atom stereocenters. The lowest BCUT2D eigenvalue weighted by atomic mass is 10.0. The molecule has 1 aromatic rings. The van der Waals surface area contributed by atoms with Crippen molar-refractivity contribution >= 4 is 17.5 Å². The lowest BCUT2D eigenvalue weighted by molar-refractivity contribution is -0.119. The second-order valence-corrected chi connectivity index (χ2v) is 6.02. The minimum Gasteiger partial charge on any atom is -0.483 e. The summed E-state index contributed by atoms with van der Waals surface area (Å²) in [5, 5.41) is 0.654. The molecule has 5 nitrogen and oxygen atoms in total. The van der Waals surface area contributed by atoms with E-state index in [-0.39, 0.29) is 6.61 Å². The van der Waals surface area contributed by atoms with Crippen LogP contribution in [0.3, 0.4) is 0 Å². The summed E-state index contributed by atoms with van der Waals surface area (Å²) in [4.78, 5) is 13.3. The van der Waals surface area contributed by atoms with Crippen LogP contribution in [0.4, 0.5) is 0 Å².